The van der Waals surface area contributed by atoms with E-state index in [2.05, 4.69) is 6.58 Å². The van der Waals surface area contributed by atoms with E-state index in [4.69, 9.17) is 5.11 Å². The highest BCUT2D eigenvalue weighted by molar-refractivity contribution is 5.94. The second-order valence-electron chi connectivity index (χ2n) is 5.20. The Morgan fingerprint density at radius 1 is 1.13 bits per heavy atom. The third-order valence-electron chi connectivity index (χ3n) is 3.74. The molecule has 0 atom stereocenters. The normalized spacial score (nSPS) is 10.6. The molecular weight excluding hydrogens is 290 g/mol. The highest BCUT2D eigenvalue weighted by atomic mass is 16.4. The second kappa shape index (κ2) is 5.93. The van der Waals surface area contributed by atoms with Crippen LogP contribution in [0, 0.1) is 0 Å². The van der Waals surface area contributed by atoms with Crippen LogP contribution < -0.4 is 5.43 Å². The van der Waals surface area contributed by atoms with Crippen molar-refractivity contribution < 1.29 is 9.90 Å². The molecule has 0 aliphatic carbocycles. The zero-order chi connectivity index (χ0) is 16.4. The lowest BCUT2D eigenvalue weighted by molar-refractivity contribution is 0.0697. The van der Waals surface area contributed by atoms with Crippen LogP contribution in [-0.2, 0) is 6.54 Å². The van der Waals surface area contributed by atoms with Crippen LogP contribution in [0.3, 0.4) is 0 Å². The Kier molecular flexibility index (Phi) is 3.81. The fourth-order valence-corrected chi connectivity index (χ4v) is 2.69. The van der Waals surface area contributed by atoms with Crippen LogP contribution >= 0.6 is 0 Å². The Bertz CT molecular complexity index is 956. The molecule has 0 radical (unpaired) electrons. The van der Waals surface area contributed by atoms with Crippen LogP contribution in [0.15, 0.2) is 72.0 Å². The van der Waals surface area contributed by atoms with Gasteiger partial charge in [0.2, 0.25) is 0 Å². The lowest BCUT2D eigenvalue weighted by Gasteiger charge is -2.16. The summed E-state index contributed by atoms with van der Waals surface area (Å²) in [7, 11) is 0. The van der Waals surface area contributed by atoms with E-state index in [1.165, 1.54) is 12.1 Å². The highest BCUT2D eigenvalue weighted by Crippen LogP contribution is 2.23. The fraction of sp³-hybridized carbons (Fsp3) is 0.0526. The van der Waals surface area contributed by atoms with Gasteiger partial charge in [0.25, 0.3) is 0 Å². The number of hydrogen-bond acceptors (Lipinski definition) is 2. The number of hydrogen-bond donors (Lipinski definition) is 1. The summed E-state index contributed by atoms with van der Waals surface area (Å²) in [5.41, 5.74) is 2.32. The van der Waals surface area contributed by atoms with Gasteiger partial charge >= 0.3 is 5.97 Å². The van der Waals surface area contributed by atoms with E-state index < -0.39 is 5.97 Å². The summed E-state index contributed by atoms with van der Waals surface area (Å²) in [6.07, 6.45) is 1.75. The fourth-order valence-electron chi connectivity index (χ4n) is 2.69. The highest BCUT2D eigenvalue weighted by Gasteiger charge is 2.12. The monoisotopic (exact) mass is 305 g/mol. The first kappa shape index (κ1) is 14.8. The Balaban J connectivity index is 2.37. The van der Waals surface area contributed by atoms with E-state index in [1.54, 1.807) is 18.2 Å². The van der Waals surface area contributed by atoms with E-state index in [-0.39, 0.29) is 11.0 Å². The maximum Gasteiger partial charge on any atom is 0.335 e. The molecule has 0 unspecified atom stereocenters. The molecule has 2 aromatic carbocycles. The molecule has 0 bridgehead atoms. The lowest BCUT2D eigenvalue weighted by atomic mass is 10.1. The molecular formula is C19H15NO3. The van der Waals surface area contributed by atoms with Crippen LogP contribution in [0.2, 0.25) is 0 Å². The molecule has 0 spiro atoms. The van der Waals surface area contributed by atoms with Crippen molar-refractivity contribution in [2.24, 2.45) is 0 Å². The van der Waals surface area contributed by atoms with Crippen molar-refractivity contribution in [3.05, 3.63) is 83.0 Å². The standard InChI is InChI=1S/C19H15NO3/c1-2-10-20-16-9-8-14(19(22)23)11-15(16)18(21)12-17(20)13-6-4-3-5-7-13/h2-9,11-12H,1,10H2,(H,22,23). The number of fused-ring (bicyclic) bond motifs is 1. The van der Waals surface area contributed by atoms with Crippen LogP contribution in [0.5, 0.6) is 0 Å². The van der Waals surface area contributed by atoms with E-state index >= 15 is 0 Å². The molecule has 0 aliphatic heterocycles. The number of aromatic carboxylic acids is 1. The van der Waals surface area contributed by atoms with Crippen molar-refractivity contribution in [2.45, 2.75) is 6.54 Å². The van der Waals surface area contributed by atoms with Gasteiger partial charge in [0.15, 0.2) is 5.43 Å². The molecule has 3 aromatic rings. The molecule has 4 nitrogen and oxygen atoms in total. The van der Waals surface area contributed by atoms with Gasteiger partial charge in [0.05, 0.1) is 16.8 Å². The molecule has 4 heteroatoms. The van der Waals surface area contributed by atoms with Crippen molar-refractivity contribution >= 4 is 16.9 Å². The summed E-state index contributed by atoms with van der Waals surface area (Å²) in [5, 5.41) is 9.51. The first-order valence-electron chi connectivity index (χ1n) is 7.19. The minimum Gasteiger partial charge on any atom is -0.478 e. The maximum atomic E-state index is 12.5. The summed E-state index contributed by atoms with van der Waals surface area (Å²) >= 11 is 0. The smallest absolute Gasteiger partial charge is 0.335 e. The Morgan fingerprint density at radius 2 is 1.87 bits per heavy atom. The molecule has 1 heterocycles. The Hall–Kier alpha value is -3.14. The number of benzene rings is 2. The summed E-state index contributed by atoms with van der Waals surface area (Å²) in [6.45, 7) is 4.29. The lowest BCUT2D eigenvalue weighted by Crippen LogP contribution is -2.12. The Morgan fingerprint density at radius 3 is 2.52 bits per heavy atom. The van der Waals surface area contributed by atoms with Gasteiger partial charge in [0.1, 0.15) is 0 Å². The summed E-state index contributed by atoms with van der Waals surface area (Å²) < 4.78 is 1.96. The maximum absolute atomic E-state index is 12.5. The largest absolute Gasteiger partial charge is 0.478 e. The van der Waals surface area contributed by atoms with E-state index in [9.17, 15) is 9.59 Å². The van der Waals surface area contributed by atoms with Crippen LogP contribution in [-0.4, -0.2) is 15.6 Å². The number of pyridine rings is 1. The first-order chi connectivity index (χ1) is 11.1. The first-order valence-corrected chi connectivity index (χ1v) is 7.19. The second-order valence-corrected chi connectivity index (χ2v) is 5.20. The van der Waals surface area contributed by atoms with E-state index in [0.29, 0.717) is 17.4 Å². The third kappa shape index (κ3) is 2.66. The predicted octanol–water partition coefficient (Wildman–Crippen LogP) is 3.55. The molecule has 3 rings (SSSR count). The number of rotatable bonds is 4. The number of aromatic nitrogens is 1. The summed E-state index contributed by atoms with van der Waals surface area (Å²) in [5.74, 6) is -1.05. The average Bonchev–Trinajstić information content (AvgIpc) is 2.57. The molecule has 0 fully saturated rings. The zero-order valence-corrected chi connectivity index (χ0v) is 12.4. The van der Waals surface area contributed by atoms with E-state index in [0.717, 1.165) is 11.3 Å². The minimum absolute atomic E-state index is 0.104. The number of carbonyl (C=O) groups is 1. The van der Waals surface area contributed by atoms with Crippen molar-refractivity contribution in [1.82, 2.24) is 4.57 Å². The average molecular weight is 305 g/mol. The number of carboxylic acids is 1. The molecule has 23 heavy (non-hydrogen) atoms. The summed E-state index contributed by atoms with van der Waals surface area (Å²) in [4.78, 5) is 23.6. The number of carboxylic acid groups (broad SMARTS) is 1. The SMILES string of the molecule is C=CCn1c(-c2ccccc2)cc(=O)c2cc(C(=O)O)ccc21. The van der Waals surface area contributed by atoms with Crippen molar-refractivity contribution in [1.29, 1.82) is 0 Å². The topological polar surface area (TPSA) is 59.3 Å². The Labute approximate surface area is 132 Å². The van der Waals surface area contributed by atoms with Gasteiger partial charge in [0, 0.05) is 18.0 Å². The van der Waals surface area contributed by atoms with Crippen LogP contribution in [0.1, 0.15) is 10.4 Å². The molecule has 1 N–H and O–H groups in total. The molecule has 114 valence electrons. The van der Waals surface area contributed by atoms with Crippen LogP contribution in [0.4, 0.5) is 0 Å². The number of nitrogens with zero attached hydrogens (tertiary/aromatic N) is 1. The van der Waals surface area contributed by atoms with Gasteiger partial charge in [-0.25, -0.2) is 4.79 Å². The van der Waals surface area contributed by atoms with Gasteiger partial charge < -0.3 is 9.67 Å². The van der Waals surface area contributed by atoms with Gasteiger partial charge in [-0.1, -0.05) is 36.4 Å². The zero-order valence-electron chi connectivity index (χ0n) is 12.4. The molecule has 0 amide bonds. The molecule has 0 saturated carbocycles. The van der Waals surface area contributed by atoms with Crippen molar-refractivity contribution in [3.8, 4) is 11.3 Å². The molecule has 1 aromatic heterocycles. The van der Waals surface area contributed by atoms with Crippen molar-refractivity contribution in [3.63, 3.8) is 0 Å². The predicted molar refractivity (Wildman–Crippen MR) is 90.8 cm³/mol. The molecule has 0 saturated heterocycles. The third-order valence-corrected chi connectivity index (χ3v) is 3.74. The molecule has 0 aliphatic rings. The van der Waals surface area contributed by atoms with E-state index in [1.807, 2.05) is 34.9 Å². The van der Waals surface area contributed by atoms with Crippen molar-refractivity contribution in [2.75, 3.05) is 0 Å². The van der Waals surface area contributed by atoms with Gasteiger partial charge in [-0.05, 0) is 23.8 Å². The van der Waals surface area contributed by atoms with Gasteiger partial charge in [-0.2, -0.15) is 0 Å². The van der Waals surface area contributed by atoms with Crippen LogP contribution in [0.25, 0.3) is 22.2 Å². The quantitative estimate of drug-likeness (QED) is 0.750. The summed E-state index contributed by atoms with van der Waals surface area (Å²) in [6, 6.07) is 15.8. The number of allylic oxidation sites excluding steroid dienone is 1. The van der Waals surface area contributed by atoms with Gasteiger partial charge in [-0.15, -0.1) is 6.58 Å². The van der Waals surface area contributed by atoms with Gasteiger partial charge in [-0.3, -0.25) is 4.79 Å². The minimum atomic E-state index is -1.05.